The molecule has 1 amide bonds. The van der Waals surface area contributed by atoms with Crippen LogP contribution in [0.4, 0.5) is 0 Å². The molecule has 132 valence electrons. The minimum absolute atomic E-state index is 0.131. The van der Waals surface area contributed by atoms with Crippen LogP contribution in [0.1, 0.15) is 39.5 Å². The molecule has 4 heterocycles. The fourth-order valence-corrected chi connectivity index (χ4v) is 6.35. The van der Waals surface area contributed by atoms with E-state index in [4.69, 9.17) is 0 Å². The molecule has 4 aliphatic heterocycles. The van der Waals surface area contributed by atoms with Crippen LogP contribution in [-0.4, -0.2) is 68.4 Å². The molecule has 6 nitrogen and oxygen atoms in total. The molecule has 4 saturated heterocycles. The van der Waals surface area contributed by atoms with Gasteiger partial charge in [0.05, 0.1) is 6.34 Å². The van der Waals surface area contributed by atoms with Crippen molar-refractivity contribution in [2.45, 2.75) is 61.7 Å². The molecule has 5 rings (SSSR count). The first kappa shape index (κ1) is 16.2. The third-order valence-electron chi connectivity index (χ3n) is 5.99. The largest absolute Gasteiger partial charge is 0.480 e. The van der Waals surface area contributed by atoms with Gasteiger partial charge >= 0.3 is 5.97 Å². The van der Waals surface area contributed by atoms with E-state index in [1.165, 1.54) is 30.6 Å². The number of β-lactam (4-membered cyclic amide) rings is 1. The molecule has 3 atom stereocenters. The van der Waals surface area contributed by atoms with Gasteiger partial charge in [0.25, 0.3) is 5.91 Å². The molecule has 0 unspecified atom stereocenters. The van der Waals surface area contributed by atoms with Crippen molar-refractivity contribution in [2.24, 2.45) is 16.8 Å². The summed E-state index contributed by atoms with van der Waals surface area (Å²) in [6.45, 7) is 5.89. The second-order valence-electron chi connectivity index (χ2n) is 8.15. The van der Waals surface area contributed by atoms with Gasteiger partial charge in [-0.05, 0) is 51.4 Å². The van der Waals surface area contributed by atoms with Gasteiger partial charge in [-0.25, -0.2) is 4.79 Å². The zero-order chi connectivity index (χ0) is 17.1. The Kier molecular flexibility index (Phi) is 3.82. The standard InChI is InChI=1S/C17H25N3O3S/c1-17(2)13(16(22)23)20-14(21)12(15(20)24-17)18-9-19-7-10-3-4-11(8-19)6-5-10/h9-13,15H,3-8H2,1-2H3,(H,22,23)/b18-9+/t10?,11?,12-,13+,15-/m1/s1. The Morgan fingerprint density at radius 1 is 1.25 bits per heavy atom. The molecule has 1 aliphatic carbocycles. The summed E-state index contributed by atoms with van der Waals surface area (Å²) in [7, 11) is 0. The van der Waals surface area contributed by atoms with E-state index in [-0.39, 0.29) is 11.3 Å². The van der Waals surface area contributed by atoms with Gasteiger partial charge in [-0.3, -0.25) is 9.79 Å². The molecule has 5 fully saturated rings. The summed E-state index contributed by atoms with van der Waals surface area (Å²) in [5, 5.41) is 9.32. The number of amides is 1. The normalized spacial score (nSPS) is 40.6. The molecule has 5 aliphatic rings. The van der Waals surface area contributed by atoms with Crippen LogP contribution in [0.5, 0.6) is 0 Å². The van der Waals surface area contributed by atoms with Gasteiger partial charge in [0.15, 0.2) is 6.04 Å². The number of hydrogen-bond donors (Lipinski definition) is 1. The monoisotopic (exact) mass is 351 g/mol. The van der Waals surface area contributed by atoms with Gasteiger partial charge < -0.3 is 14.9 Å². The fourth-order valence-electron chi connectivity index (χ4n) is 4.72. The Bertz CT molecular complexity index is 572. The van der Waals surface area contributed by atoms with Crippen molar-refractivity contribution in [3.8, 4) is 0 Å². The number of thioether (sulfide) groups is 1. The highest BCUT2D eigenvalue weighted by Gasteiger charge is 2.63. The van der Waals surface area contributed by atoms with E-state index >= 15 is 0 Å². The molecule has 0 aromatic heterocycles. The molecular formula is C17H25N3O3S. The maximum Gasteiger partial charge on any atom is 0.327 e. The van der Waals surface area contributed by atoms with Crippen LogP contribution in [0.3, 0.4) is 0 Å². The molecule has 2 bridgehead atoms. The molecule has 0 aromatic rings. The van der Waals surface area contributed by atoms with E-state index < -0.39 is 22.8 Å². The second kappa shape index (κ2) is 5.64. The minimum atomic E-state index is -0.921. The van der Waals surface area contributed by atoms with Gasteiger partial charge in [0.2, 0.25) is 0 Å². The Hall–Kier alpha value is -1.24. The number of hydrogen-bond acceptors (Lipinski definition) is 4. The molecular weight excluding hydrogens is 326 g/mol. The average molecular weight is 351 g/mol. The lowest BCUT2D eigenvalue weighted by Gasteiger charge is -2.41. The SMILES string of the molecule is CC1(C)S[C@@H]2[C@H](/N=C/N3CC4CCC(CC4)C3)C(=O)N2[C@H]1C(=O)O. The summed E-state index contributed by atoms with van der Waals surface area (Å²) in [6, 6.07) is -1.17. The van der Waals surface area contributed by atoms with E-state index in [9.17, 15) is 14.7 Å². The summed E-state index contributed by atoms with van der Waals surface area (Å²) in [5.41, 5.74) is 0. The van der Waals surface area contributed by atoms with Crippen LogP contribution in [0, 0.1) is 11.8 Å². The lowest BCUT2D eigenvalue weighted by atomic mass is 9.84. The van der Waals surface area contributed by atoms with Crippen LogP contribution in [0.25, 0.3) is 0 Å². The van der Waals surface area contributed by atoms with E-state index in [1.807, 2.05) is 20.2 Å². The summed E-state index contributed by atoms with van der Waals surface area (Å²) in [4.78, 5) is 32.3. The third-order valence-corrected chi connectivity index (χ3v) is 7.55. The molecule has 24 heavy (non-hydrogen) atoms. The number of carboxylic acids is 1. The molecule has 1 N–H and O–H groups in total. The maximum absolute atomic E-state index is 12.4. The fraction of sp³-hybridized carbons (Fsp3) is 0.824. The summed E-state index contributed by atoms with van der Waals surface area (Å²) < 4.78 is -0.474. The van der Waals surface area contributed by atoms with Crippen molar-refractivity contribution in [1.29, 1.82) is 0 Å². The van der Waals surface area contributed by atoms with Crippen LogP contribution >= 0.6 is 11.8 Å². The van der Waals surface area contributed by atoms with Gasteiger partial charge in [-0.1, -0.05) is 0 Å². The minimum Gasteiger partial charge on any atom is -0.480 e. The van der Waals surface area contributed by atoms with Crippen LogP contribution in [-0.2, 0) is 9.59 Å². The summed E-state index contributed by atoms with van der Waals surface area (Å²) in [5.74, 6) is 0.467. The number of carbonyl (C=O) groups excluding carboxylic acids is 1. The Balaban J connectivity index is 1.45. The van der Waals surface area contributed by atoms with Crippen molar-refractivity contribution < 1.29 is 14.7 Å². The Morgan fingerprint density at radius 3 is 2.38 bits per heavy atom. The maximum atomic E-state index is 12.4. The predicted molar refractivity (Wildman–Crippen MR) is 93.0 cm³/mol. The lowest BCUT2D eigenvalue weighted by molar-refractivity contribution is -0.158. The first-order valence-corrected chi connectivity index (χ1v) is 9.75. The van der Waals surface area contributed by atoms with Crippen LogP contribution < -0.4 is 0 Å². The number of fused-ring (bicyclic) bond motifs is 5. The van der Waals surface area contributed by atoms with E-state index in [1.54, 1.807) is 11.8 Å². The number of carboxylic acid groups (broad SMARTS) is 1. The predicted octanol–water partition coefficient (Wildman–Crippen LogP) is 1.65. The number of rotatable bonds is 3. The molecule has 7 heteroatoms. The molecule has 0 radical (unpaired) electrons. The van der Waals surface area contributed by atoms with Crippen molar-refractivity contribution in [3.05, 3.63) is 0 Å². The van der Waals surface area contributed by atoms with Gasteiger partial charge in [0.1, 0.15) is 11.4 Å². The van der Waals surface area contributed by atoms with Gasteiger partial charge in [-0.2, -0.15) is 0 Å². The van der Waals surface area contributed by atoms with E-state index in [2.05, 4.69) is 9.89 Å². The molecule has 1 saturated carbocycles. The highest BCUT2D eigenvalue weighted by molar-refractivity contribution is 8.01. The van der Waals surface area contributed by atoms with Crippen LogP contribution in [0.15, 0.2) is 4.99 Å². The zero-order valence-corrected chi connectivity index (χ0v) is 15.0. The Labute approximate surface area is 146 Å². The lowest BCUT2D eigenvalue weighted by Crippen LogP contribution is -2.65. The Morgan fingerprint density at radius 2 is 1.83 bits per heavy atom. The number of nitrogens with zero attached hydrogens (tertiary/aromatic N) is 3. The summed E-state index contributed by atoms with van der Waals surface area (Å²) >= 11 is 1.56. The molecule has 0 spiro atoms. The summed E-state index contributed by atoms with van der Waals surface area (Å²) in [6.07, 6.45) is 7.14. The van der Waals surface area contributed by atoms with E-state index in [0.29, 0.717) is 0 Å². The van der Waals surface area contributed by atoms with Gasteiger partial charge in [0, 0.05) is 17.8 Å². The molecule has 0 aromatic carbocycles. The van der Waals surface area contributed by atoms with Gasteiger partial charge in [-0.15, -0.1) is 11.8 Å². The van der Waals surface area contributed by atoms with Crippen molar-refractivity contribution in [2.75, 3.05) is 13.1 Å². The van der Waals surface area contributed by atoms with E-state index in [0.717, 1.165) is 24.9 Å². The van der Waals surface area contributed by atoms with Crippen molar-refractivity contribution in [3.63, 3.8) is 0 Å². The number of carbonyl (C=O) groups is 2. The zero-order valence-electron chi connectivity index (χ0n) is 14.2. The van der Waals surface area contributed by atoms with Crippen molar-refractivity contribution in [1.82, 2.24) is 9.80 Å². The third kappa shape index (κ3) is 2.52. The average Bonchev–Trinajstić information content (AvgIpc) is 2.68. The second-order valence-corrected chi connectivity index (χ2v) is 9.92. The number of aliphatic carboxylic acids is 1. The first-order valence-electron chi connectivity index (χ1n) is 8.87. The smallest absolute Gasteiger partial charge is 0.327 e. The highest BCUT2D eigenvalue weighted by Crippen LogP contribution is 2.51. The topological polar surface area (TPSA) is 73.2 Å². The quantitative estimate of drug-likeness (QED) is 0.475. The van der Waals surface area contributed by atoms with Crippen molar-refractivity contribution >= 4 is 30.0 Å². The highest BCUT2D eigenvalue weighted by atomic mass is 32.2. The first-order chi connectivity index (χ1) is 11.4. The van der Waals surface area contributed by atoms with Crippen LogP contribution in [0.2, 0.25) is 0 Å². The number of aliphatic imine (C=N–C) groups is 1.